The average molecular weight is 1100 g/mol. The zero-order valence-corrected chi connectivity index (χ0v) is 45.2. The van der Waals surface area contributed by atoms with Crippen LogP contribution in [0.25, 0.3) is 0 Å². The maximum Gasteiger partial charge on any atom is 0.333 e. The van der Waals surface area contributed by atoms with Gasteiger partial charge in [0.15, 0.2) is 5.71 Å². The van der Waals surface area contributed by atoms with E-state index >= 15 is 0 Å². The molecule has 5 rings (SSSR count). The lowest BCUT2D eigenvalue weighted by Crippen LogP contribution is -2.33. The van der Waals surface area contributed by atoms with Gasteiger partial charge in [-0.15, -0.1) is 9.40 Å². The molecule has 2 unspecified atom stereocenters. The number of ether oxygens (including phenoxy) is 6. The first-order valence-electron chi connectivity index (χ1n) is 24.4. The monoisotopic (exact) mass is 1100 g/mol. The van der Waals surface area contributed by atoms with Crippen LogP contribution in [0.15, 0.2) is 70.1 Å². The summed E-state index contributed by atoms with van der Waals surface area (Å²) in [5.74, 6) is -1.44. The molecule has 22 nitrogen and oxygen atoms in total. The summed E-state index contributed by atoms with van der Waals surface area (Å²) in [5, 5.41) is 13.1. The first-order chi connectivity index (χ1) is 35.5. The highest BCUT2D eigenvalue weighted by Crippen LogP contribution is 2.51. The molecule has 0 saturated carbocycles. The number of carbonyl (C=O) groups excluding carboxylic acids is 3. The Bertz CT molecular complexity index is 2530. The quantitative estimate of drug-likeness (QED) is 0.0151. The van der Waals surface area contributed by atoms with Gasteiger partial charge in [-0.3, -0.25) is 14.1 Å². The molecule has 2 aromatic carbocycles. The molecule has 0 bridgehead atoms. The number of nitrogens with one attached hydrogen (secondary N) is 1. The van der Waals surface area contributed by atoms with Gasteiger partial charge in [-0.2, -0.15) is 13.0 Å². The van der Waals surface area contributed by atoms with Gasteiger partial charge >= 0.3 is 5.97 Å². The lowest BCUT2D eigenvalue weighted by molar-refractivity contribution is -0.438. The fraction of sp³-hybridized carbons (Fsp3) is 0.592. The lowest BCUT2D eigenvalue weighted by atomic mass is 9.75. The van der Waals surface area contributed by atoms with E-state index in [1.807, 2.05) is 32.1 Å². The van der Waals surface area contributed by atoms with Crippen LogP contribution in [0.3, 0.4) is 0 Å². The first-order valence-corrected chi connectivity index (χ1v) is 28.2. The number of carbonyl (C=O) groups is 3. The Labute approximate surface area is 438 Å². The van der Waals surface area contributed by atoms with Crippen molar-refractivity contribution >= 4 is 67.1 Å². The highest BCUT2D eigenvalue weighted by molar-refractivity contribution is 7.94. The van der Waals surface area contributed by atoms with Crippen LogP contribution in [0, 0.1) is 0 Å². The van der Waals surface area contributed by atoms with E-state index in [1.165, 1.54) is 12.1 Å². The van der Waals surface area contributed by atoms with Crippen molar-refractivity contribution < 1.29 is 88.2 Å². The highest BCUT2D eigenvalue weighted by Gasteiger charge is 2.48. The molecule has 1 fully saturated rings. The van der Waals surface area contributed by atoms with E-state index in [0.717, 1.165) is 34.7 Å². The number of anilines is 1. The molecule has 412 valence electrons. The number of allylic oxidation sites excluding steroid dienone is 4. The topological polar surface area (TPSA) is 265 Å². The average Bonchev–Trinajstić information content (AvgIpc) is 3.90. The van der Waals surface area contributed by atoms with E-state index < -0.39 is 48.8 Å². The van der Waals surface area contributed by atoms with Crippen molar-refractivity contribution in [1.82, 2.24) is 9.79 Å². The molecule has 3 heterocycles. The van der Waals surface area contributed by atoms with Gasteiger partial charge in [0.25, 0.3) is 21.9 Å². The highest BCUT2D eigenvalue weighted by atomic mass is 32.2. The van der Waals surface area contributed by atoms with Crippen LogP contribution in [0.1, 0.15) is 82.8 Å². The molecule has 2 atom stereocenters. The smallest absolute Gasteiger partial charge is 0.333 e. The molecule has 0 aliphatic carbocycles. The van der Waals surface area contributed by atoms with Crippen LogP contribution in [0.2, 0.25) is 0 Å². The summed E-state index contributed by atoms with van der Waals surface area (Å²) in [6.07, 6.45) is 8.61. The Morgan fingerprint density at radius 2 is 1.43 bits per heavy atom. The third-order valence-corrected chi connectivity index (χ3v) is 15.9. The van der Waals surface area contributed by atoms with Crippen molar-refractivity contribution in [3.63, 3.8) is 0 Å². The number of methoxy groups -OCH3 is 3. The lowest BCUT2D eigenvalue weighted by Gasteiger charge is -2.30. The second-order valence-electron chi connectivity index (χ2n) is 18.0. The number of hydrogen-bond acceptors (Lipinski definition) is 19. The number of hydrogen-bond donors (Lipinski definition) is 3. The summed E-state index contributed by atoms with van der Waals surface area (Å²) in [6, 6.07) is 9.55. The Hall–Kier alpha value is -4.19. The van der Waals surface area contributed by atoms with E-state index in [9.17, 15) is 35.8 Å². The van der Waals surface area contributed by atoms with Crippen molar-refractivity contribution in [2.75, 3.05) is 111 Å². The normalized spacial score (nSPS) is 19.5. The van der Waals surface area contributed by atoms with Crippen LogP contribution in [0.5, 0.6) is 0 Å². The number of unbranched alkanes of at least 4 members (excludes halogenated alkanes) is 2. The molecule has 25 heteroatoms. The van der Waals surface area contributed by atoms with E-state index in [1.54, 1.807) is 45.6 Å². The number of benzene rings is 2. The van der Waals surface area contributed by atoms with Crippen LogP contribution in [-0.4, -0.2) is 166 Å². The van der Waals surface area contributed by atoms with Crippen molar-refractivity contribution in [1.29, 1.82) is 0 Å². The molecule has 74 heavy (non-hydrogen) atoms. The predicted molar refractivity (Wildman–Crippen MR) is 272 cm³/mol. The van der Waals surface area contributed by atoms with Gasteiger partial charge in [0.05, 0.1) is 68.1 Å². The Morgan fingerprint density at radius 1 is 0.784 bits per heavy atom. The molecule has 0 radical (unpaired) electrons. The van der Waals surface area contributed by atoms with Crippen molar-refractivity contribution in [3.8, 4) is 0 Å². The van der Waals surface area contributed by atoms with E-state index in [-0.39, 0.29) is 42.2 Å². The molecule has 3 N–H and O–H groups in total. The van der Waals surface area contributed by atoms with Crippen molar-refractivity contribution in [2.24, 2.45) is 0 Å². The second kappa shape index (κ2) is 29.4. The maximum atomic E-state index is 13.8. The molecular weight excluding hydrogens is 1030 g/mol. The summed E-state index contributed by atoms with van der Waals surface area (Å²) in [6.45, 7) is 7.80. The minimum atomic E-state index is -4.62. The SMILES string of the molecule is COCCOCCNS(=O)(=O)c1ccc2c(c1)C(C)(CCOCCOC)C(=CC=CC1=[N+](CCCSOOO)c3ccc(S(=O)(=O)O)cc3C1(C)CCCCCC(=O)ON1C(=O)CCC1=O)N2CCOCCOC. The summed E-state index contributed by atoms with van der Waals surface area (Å²) >= 11 is 0.899. The molecule has 3 aliphatic heterocycles. The van der Waals surface area contributed by atoms with Gasteiger partial charge < -0.3 is 38.2 Å². The molecule has 1 saturated heterocycles. The maximum absolute atomic E-state index is 13.8. The van der Waals surface area contributed by atoms with Crippen LogP contribution in [-0.2, 0) is 88.0 Å². The zero-order chi connectivity index (χ0) is 53.8. The van der Waals surface area contributed by atoms with Gasteiger partial charge in [-0.1, -0.05) is 24.0 Å². The summed E-state index contributed by atoms with van der Waals surface area (Å²) in [5.41, 5.74) is 2.77. The van der Waals surface area contributed by atoms with Gasteiger partial charge in [-0.25, -0.2) is 23.2 Å². The summed E-state index contributed by atoms with van der Waals surface area (Å²) in [7, 11) is -3.87. The van der Waals surface area contributed by atoms with Crippen molar-refractivity contribution in [2.45, 2.75) is 92.3 Å². The molecule has 0 spiro atoms. The number of hydroxylamine groups is 2. The third kappa shape index (κ3) is 16.2. The molecule has 2 aromatic rings. The largest absolute Gasteiger partial charge is 0.382 e. The Balaban J connectivity index is 1.56. The first kappa shape index (κ1) is 60.7. The number of fused-ring (bicyclic) bond motifs is 2. The van der Waals surface area contributed by atoms with Crippen LogP contribution < -0.4 is 9.62 Å². The number of imide groups is 1. The number of nitrogens with zero attached hydrogens (tertiary/aromatic N) is 3. The summed E-state index contributed by atoms with van der Waals surface area (Å²) < 4.78 is 105. The second-order valence-corrected chi connectivity index (χ2v) is 22.0. The molecule has 0 aromatic heterocycles. The van der Waals surface area contributed by atoms with E-state index in [0.29, 0.717) is 127 Å². The molecule has 3 aliphatic rings. The van der Waals surface area contributed by atoms with Gasteiger partial charge in [0.1, 0.15) is 6.54 Å². The molecule has 2 amide bonds. The van der Waals surface area contributed by atoms with E-state index in [4.69, 9.17) is 38.5 Å². The zero-order valence-electron chi connectivity index (χ0n) is 42.7. The predicted octanol–water partition coefficient (Wildman–Crippen LogP) is 5.18. The van der Waals surface area contributed by atoms with E-state index in [2.05, 4.69) is 23.6 Å². The van der Waals surface area contributed by atoms with Gasteiger partial charge in [-0.05, 0) is 75.1 Å². The van der Waals surface area contributed by atoms with Gasteiger partial charge in [0.2, 0.25) is 15.7 Å². The third-order valence-electron chi connectivity index (χ3n) is 13.0. The van der Waals surface area contributed by atoms with Crippen molar-refractivity contribution in [3.05, 3.63) is 71.5 Å². The molecular formula is C49H71N4O18S3+. The standard InChI is InChI=1S/C49H70N4O18S3/c1-48(20-8-6-7-13-47(56)69-53-45(54)18-19-46(53)55)40-36-38(74(60,61)62)15-17-41(40)51(23-10-34-72-71-70-57)43(48)11-9-12-44-49(2,21-25-66-31-28-63-3)39-35-37(73(58,59)50-22-26-67-32-29-64-4)14-16-42(39)52(44)24-27-68-33-30-65-5/h9,11-12,14-17,35-36,50H,6-8,10,13,18-34H2,1-5H3,(H-,57,60,61,62)/p+1. The number of amides is 2. The van der Waals surface area contributed by atoms with Crippen LogP contribution >= 0.6 is 12.0 Å². The fourth-order valence-electron chi connectivity index (χ4n) is 9.19. The minimum absolute atomic E-state index is 0.0187. The number of sulfonamides is 1. The number of rotatable bonds is 36. The van der Waals surface area contributed by atoms with Gasteiger partial charge in [0, 0.05) is 119 Å². The Morgan fingerprint density at radius 3 is 2.09 bits per heavy atom. The Kier molecular flexibility index (Phi) is 24.1. The summed E-state index contributed by atoms with van der Waals surface area (Å²) in [4.78, 5) is 43.7. The minimum Gasteiger partial charge on any atom is -0.382 e. The van der Waals surface area contributed by atoms with Crippen LogP contribution in [0.4, 0.5) is 11.4 Å². The fourth-order valence-corrected chi connectivity index (χ4v) is 11.1.